The maximum atomic E-state index is 4.04. The minimum Gasteiger partial charge on any atom is -0.311 e. The van der Waals surface area contributed by atoms with Crippen molar-refractivity contribution in [3.63, 3.8) is 0 Å². The normalized spacial score (nSPS) is 42.0. The van der Waals surface area contributed by atoms with Gasteiger partial charge in [-0.25, -0.2) is 0 Å². The molecule has 3 heteroatoms. The molecule has 134 valence electrons. The largest absolute Gasteiger partial charge is 0.311 e. The van der Waals surface area contributed by atoms with Crippen LogP contribution in [0.25, 0.3) is 0 Å². The quantitative estimate of drug-likeness (QED) is 0.860. The zero-order chi connectivity index (χ0) is 16.4. The minimum absolute atomic E-state index is 0.732. The Balaban J connectivity index is 1.42. The van der Waals surface area contributed by atoms with Gasteiger partial charge >= 0.3 is 0 Å². The van der Waals surface area contributed by atoms with Crippen molar-refractivity contribution >= 4 is 0 Å². The summed E-state index contributed by atoms with van der Waals surface area (Å²) in [6.45, 7) is 11.2. The Morgan fingerprint density at radius 1 is 0.870 bits per heavy atom. The highest BCUT2D eigenvalue weighted by atomic mass is 15.2. The molecule has 3 fully saturated rings. The van der Waals surface area contributed by atoms with Crippen LogP contribution in [0.1, 0.15) is 65.7 Å². The third kappa shape index (κ3) is 4.49. The molecule has 2 heterocycles. The minimum atomic E-state index is 0.732. The summed E-state index contributed by atoms with van der Waals surface area (Å²) in [7, 11) is 2.28. The molecule has 0 amide bonds. The first kappa shape index (κ1) is 17.7. The molecular formula is C20H39N3. The van der Waals surface area contributed by atoms with E-state index in [1.165, 1.54) is 64.6 Å². The third-order valence-corrected chi connectivity index (χ3v) is 7.09. The van der Waals surface area contributed by atoms with E-state index < -0.39 is 0 Å². The molecule has 1 saturated carbocycles. The van der Waals surface area contributed by atoms with Crippen LogP contribution < -0.4 is 5.32 Å². The number of nitrogens with one attached hydrogen (secondary N) is 1. The van der Waals surface area contributed by atoms with E-state index in [0.29, 0.717) is 0 Å². The fraction of sp³-hybridized carbons (Fsp3) is 1.00. The van der Waals surface area contributed by atoms with Crippen molar-refractivity contribution in [3.05, 3.63) is 0 Å². The predicted octanol–water partition coefficient (Wildman–Crippen LogP) is 3.35. The smallest absolute Gasteiger partial charge is 0.0122 e. The molecule has 1 aliphatic carbocycles. The molecule has 3 unspecified atom stereocenters. The first-order valence-electron chi connectivity index (χ1n) is 10.2. The van der Waals surface area contributed by atoms with Gasteiger partial charge in [-0.2, -0.15) is 0 Å². The highest BCUT2D eigenvalue weighted by Crippen LogP contribution is 2.29. The molecule has 0 bridgehead atoms. The van der Waals surface area contributed by atoms with Gasteiger partial charge < -0.3 is 15.1 Å². The van der Waals surface area contributed by atoms with Crippen LogP contribution in [0, 0.1) is 11.8 Å². The molecule has 3 rings (SSSR count). The van der Waals surface area contributed by atoms with Crippen molar-refractivity contribution in [1.29, 1.82) is 0 Å². The Morgan fingerprint density at radius 3 is 2.17 bits per heavy atom. The van der Waals surface area contributed by atoms with E-state index in [1.54, 1.807) is 0 Å². The summed E-state index contributed by atoms with van der Waals surface area (Å²) >= 11 is 0. The van der Waals surface area contributed by atoms with Gasteiger partial charge in [0.15, 0.2) is 0 Å². The molecule has 2 saturated heterocycles. The van der Waals surface area contributed by atoms with Gasteiger partial charge in [-0.3, -0.25) is 0 Å². The highest BCUT2D eigenvalue weighted by Gasteiger charge is 2.33. The second-order valence-electron chi connectivity index (χ2n) is 9.00. The average Bonchev–Trinajstić information content (AvgIpc) is 2.54. The maximum Gasteiger partial charge on any atom is 0.0122 e. The molecule has 3 aliphatic rings. The van der Waals surface area contributed by atoms with Crippen LogP contribution in [0.4, 0.5) is 0 Å². The SMILES string of the molecule is CC1CCN(C2CCC(NC3CC(C)N(C)CC3C)CC2)CC1. The van der Waals surface area contributed by atoms with Gasteiger partial charge in [0, 0.05) is 30.7 Å². The Bertz CT molecular complexity index is 356. The van der Waals surface area contributed by atoms with Gasteiger partial charge in [-0.15, -0.1) is 0 Å². The summed E-state index contributed by atoms with van der Waals surface area (Å²) in [5, 5.41) is 4.04. The molecule has 3 nitrogen and oxygen atoms in total. The van der Waals surface area contributed by atoms with Crippen molar-refractivity contribution in [1.82, 2.24) is 15.1 Å². The van der Waals surface area contributed by atoms with E-state index in [2.05, 4.69) is 42.9 Å². The van der Waals surface area contributed by atoms with Crippen LogP contribution in [-0.4, -0.2) is 60.6 Å². The lowest BCUT2D eigenvalue weighted by Gasteiger charge is -2.44. The van der Waals surface area contributed by atoms with Crippen LogP contribution >= 0.6 is 0 Å². The van der Waals surface area contributed by atoms with E-state index in [-0.39, 0.29) is 0 Å². The summed E-state index contributed by atoms with van der Waals surface area (Å²) in [4.78, 5) is 5.33. The van der Waals surface area contributed by atoms with E-state index >= 15 is 0 Å². The summed E-state index contributed by atoms with van der Waals surface area (Å²) in [5.41, 5.74) is 0. The molecule has 0 aromatic carbocycles. The van der Waals surface area contributed by atoms with Gasteiger partial charge in [0.05, 0.1) is 0 Å². The molecule has 3 atom stereocenters. The van der Waals surface area contributed by atoms with Gasteiger partial charge in [-0.05, 0) is 83.8 Å². The Hall–Kier alpha value is -0.120. The Morgan fingerprint density at radius 2 is 1.52 bits per heavy atom. The standard InChI is InChI=1S/C20H39N3/c1-15-9-11-23(12-10-15)19-7-5-18(6-8-19)21-20-13-17(3)22(4)14-16(20)2/h15-21H,5-14H2,1-4H3. The molecule has 2 aliphatic heterocycles. The first-order valence-corrected chi connectivity index (χ1v) is 10.2. The number of hydrogen-bond donors (Lipinski definition) is 1. The molecule has 0 radical (unpaired) electrons. The number of piperidine rings is 2. The zero-order valence-corrected chi connectivity index (χ0v) is 15.9. The summed E-state index contributed by atoms with van der Waals surface area (Å²) in [5.74, 6) is 1.75. The predicted molar refractivity (Wildman–Crippen MR) is 98.8 cm³/mol. The fourth-order valence-corrected chi connectivity index (χ4v) is 5.08. The lowest BCUT2D eigenvalue weighted by molar-refractivity contribution is 0.0860. The van der Waals surface area contributed by atoms with Crippen LogP contribution in [0.3, 0.4) is 0 Å². The van der Waals surface area contributed by atoms with Crippen LogP contribution in [0.15, 0.2) is 0 Å². The molecule has 23 heavy (non-hydrogen) atoms. The summed E-state index contributed by atoms with van der Waals surface area (Å²) in [6, 6.07) is 3.13. The maximum absolute atomic E-state index is 4.04. The van der Waals surface area contributed by atoms with Crippen molar-refractivity contribution in [3.8, 4) is 0 Å². The second kappa shape index (κ2) is 7.84. The van der Waals surface area contributed by atoms with E-state index in [1.807, 2.05) is 0 Å². The number of likely N-dealkylation sites (tertiary alicyclic amines) is 2. The Labute approximate surface area is 144 Å². The monoisotopic (exact) mass is 321 g/mol. The van der Waals surface area contributed by atoms with Gasteiger partial charge in [0.1, 0.15) is 0 Å². The summed E-state index contributed by atoms with van der Waals surface area (Å²) < 4.78 is 0. The fourth-order valence-electron chi connectivity index (χ4n) is 5.08. The zero-order valence-electron chi connectivity index (χ0n) is 15.9. The van der Waals surface area contributed by atoms with E-state index in [0.717, 1.165) is 36.0 Å². The van der Waals surface area contributed by atoms with Crippen molar-refractivity contribution < 1.29 is 0 Å². The lowest BCUT2D eigenvalue weighted by atomic mass is 9.85. The van der Waals surface area contributed by atoms with E-state index in [9.17, 15) is 0 Å². The van der Waals surface area contributed by atoms with Crippen LogP contribution in [0.2, 0.25) is 0 Å². The average molecular weight is 322 g/mol. The Kier molecular flexibility index (Phi) is 6.03. The molecular weight excluding hydrogens is 282 g/mol. The third-order valence-electron chi connectivity index (χ3n) is 7.09. The number of rotatable bonds is 3. The van der Waals surface area contributed by atoms with Crippen LogP contribution in [-0.2, 0) is 0 Å². The number of hydrogen-bond acceptors (Lipinski definition) is 3. The summed E-state index contributed by atoms with van der Waals surface area (Å²) in [6.07, 6.45) is 9.79. The number of nitrogens with zero attached hydrogens (tertiary/aromatic N) is 2. The van der Waals surface area contributed by atoms with Gasteiger partial charge in [0.2, 0.25) is 0 Å². The van der Waals surface area contributed by atoms with Crippen molar-refractivity contribution in [2.75, 3.05) is 26.7 Å². The van der Waals surface area contributed by atoms with Crippen molar-refractivity contribution in [2.45, 2.75) is 89.9 Å². The van der Waals surface area contributed by atoms with Crippen LogP contribution in [0.5, 0.6) is 0 Å². The van der Waals surface area contributed by atoms with Crippen molar-refractivity contribution in [2.24, 2.45) is 11.8 Å². The molecule has 0 aromatic rings. The van der Waals surface area contributed by atoms with E-state index in [4.69, 9.17) is 0 Å². The lowest BCUT2D eigenvalue weighted by Crippen LogP contribution is -2.54. The van der Waals surface area contributed by atoms with Gasteiger partial charge in [0.25, 0.3) is 0 Å². The molecule has 1 N–H and O–H groups in total. The highest BCUT2D eigenvalue weighted by molar-refractivity contribution is 4.91. The first-order chi connectivity index (χ1) is 11.0. The topological polar surface area (TPSA) is 18.5 Å². The second-order valence-corrected chi connectivity index (χ2v) is 9.00. The molecule has 0 spiro atoms. The molecule has 0 aromatic heterocycles. The van der Waals surface area contributed by atoms with Gasteiger partial charge in [-0.1, -0.05) is 13.8 Å².